The van der Waals surface area contributed by atoms with Crippen LogP contribution in [-0.2, 0) is 13.2 Å². The molecule has 1 aromatic carbocycles. The van der Waals surface area contributed by atoms with Gasteiger partial charge in [-0.15, -0.1) is 0 Å². The number of hydrogen-bond acceptors (Lipinski definition) is 3. The number of aryl methyl sites for hydroxylation is 1. The number of furan rings is 1. The lowest BCUT2D eigenvalue weighted by atomic mass is 10.2. The van der Waals surface area contributed by atoms with Gasteiger partial charge in [0.25, 0.3) is 0 Å². The molecular formula is C15H17BrFNO2. The van der Waals surface area contributed by atoms with Crippen LogP contribution in [0.25, 0.3) is 0 Å². The first-order valence-electron chi connectivity index (χ1n) is 6.47. The third kappa shape index (κ3) is 3.84. The van der Waals surface area contributed by atoms with E-state index < -0.39 is 0 Å². The van der Waals surface area contributed by atoms with Gasteiger partial charge < -0.3 is 14.5 Å². The fourth-order valence-corrected chi connectivity index (χ4v) is 2.15. The lowest BCUT2D eigenvalue weighted by molar-refractivity contribution is 0.287. The van der Waals surface area contributed by atoms with Crippen molar-refractivity contribution >= 4 is 15.9 Å². The molecule has 0 unspecified atom stereocenters. The topological polar surface area (TPSA) is 34.4 Å². The van der Waals surface area contributed by atoms with Crippen LogP contribution in [-0.4, -0.2) is 6.54 Å². The highest BCUT2D eigenvalue weighted by Gasteiger charge is 2.10. The smallest absolute Gasteiger partial charge is 0.166 e. The minimum absolute atomic E-state index is 0.238. The number of ether oxygens (including phenoxy) is 1. The monoisotopic (exact) mass is 341 g/mol. The molecule has 0 aliphatic carbocycles. The van der Waals surface area contributed by atoms with Crippen LogP contribution in [0.2, 0.25) is 0 Å². The van der Waals surface area contributed by atoms with E-state index in [1.54, 1.807) is 12.1 Å². The molecule has 108 valence electrons. The summed E-state index contributed by atoms with van der Waals surface area (Å²) in [6.45, 7) is 5.78. The molecule has 1 heterocycles. The normalized spacial score (nSPS) is 10.8. The predicted octanol–water partition coefficient (Wildman–Crippen LogP) is 4.18. The van der Waals surface area contributed by atoms with Crippen LogP contribution in [0.5, 0.6) is 5.75 Å². The fourth-order valence-electron chi connectivity index (χ4n) is 1.81. The maximum Gasteiger partial charge on any atom is 0.166 e. The van der Waals surface area contributed by atoms with Gasteiger partial charge in [-0.3, -0.25) is 0 Å². The van der Waals surface area contributed by atoms with Crippen LogP contribution in [0, 0.1) is 12.7 Å². The first-order chi connectivity index (χ1) is 9.60. The number of rotatable bonds is 6. The quantitative estimate of drug-likeness (QED) is 0.855. The number of hydrogen-bond donors (Lipinski definition) is 1. The minimum atomic E-state index is -0.381. The summed E-state index contributed by atoms with van der Waals surface area (Å²) in [4.78, 5) is 0. The maximum absolute atomic E-state index is 13.6. The highest BCUT2D eigenvalue weighted by molar-refractivity contribution is 9.10. The Kier molecular flexibility index (Phi) is 5.20. The van der Waals surface area contributed by atoms with Gasteiger partial charge in [-0.1, -0.05) is 22.9 Å². The van der Waals surface area contributed by atoms with E-state index in [9.17, 15) is 4.39 Å². The van der Waals surface area contributed by atoms with E-state index in [4.69, 9.17) is 9.15 Å². The molecule has 0 radical (unpaired) electrons. The first-order valence-corrected chi connectivity index (χ1v) is 7.26. The Morgan fingerprint density at radius 1 is 1.35 bits per heavy atom. The second kappa shape index (κ2) is 6.90. The summed E-state index contributed by atoms with van der Waals surface area (Å²) >= 11 is 3.21. The van der Waals surface area contributed by atoms with Crippen LogP contribution >= 0.6 is 15.9 Å². The molecule has 0 aliphatic rings. The third-order valence-electron chi connectivity index (χ3n) is 2.90. The van der Waals surface area contributed by atoms with Crippen molar-refractivity contribution in [3.05, 3.63) is 51.6 Å². The Labute approximate surface area is 126 Å². The molecular weight excluding hydrogens is 325 g/mol. The van der Waals surface area contributed by atoms with E-state index in [0.717, 1.165) is 23.6 Å². The Morgan fingerprint density at radius 3 is 2.85 bits per heavy atom. The van der Waals surface area contributed by atoms with E-state index in [0.29, 0.717) is 17.6 Å². The van der Waals surface area contributed by atoms with Crippen molar-refractivity contribution in [3.8, 4) is 5.75 Å². The summed E-state index contributed by atoms with van der Waals surface area (Å²) in [6.07, 6.45) is 0. The molecule has 0 spiro atoms. The van der Waals surface area contributed by atoms with Gasteiger partial charge in [0, 0.05) is 10.0 Å². The average Bonchev–Trinajstić information content (AvgIpc) is 2.76. The van der Waals surface area contributed by atoms with Crippen molar-refractivity contribution in [1.82, 2.24) is 5.32 Å². The van der Waals surface area contributed by atoms with Gasteiger partial charge in [-0.2, -0.15) is 0 Å². The van der Waals surface area contributed by atoms with Crippen molar-refractivity contribution in [3.63, 3.8) is 0 Å². The molecule has 20 heavy (non-hydrogen) atoms. The molecule has 2 rings (SSSR count). The van der Waals surface area contributed by atoms with Crippen molar-refractivity contribution in [2.75, 3.05) is 6.54 Å². The molecule has 5 heteroatoms. The van der Waals surface area contributed by atoms with Gasteiger partial charge in [0.05, 0.1) is 6.54 Å². The van der Waals surface area contributed by atoms with E-state index in [1.165, 1.54) is 6.07 Å². The summed E-state index contributed by atoms with van der Waals surface area (Å²) in [5.74, 6) is 1.52. The lowest BCUT2D eigenvalue weighted by Gasteiger charge is -2.06. The minimum Gasteiger partial charge on any atom is -0.486 e. The van der Waals surface area contributed by atoms with Gasteiger partial charge in [-0.25, -0.2) is 4.39 Å². The van der Waals surface area contributed by atoms with Crippen LogP contribution in [0.15, 0.2) is 33.2 Å². The Hall–Kier alpha value is -1.33. The van der Waals surface area contributed by atoms with E-state index in [-0.39, 0.29) is 11.6 Å². The van der Waals surface area contributed by atoms with Gasteiger partial charge in [-0.05, 0) is 37.7 Å². The summed E-state index contributed by atoms with van der Waals surface area (Å²) in [7, 11) is 0. The second-order valence-electron chi connectivity index (χ2n) is 4.44. The van der Waals surface area contributed by atoms with Gasteiger partial charge in [0.2, 0.25) is 0 Å². The number of halogens is 2. The number of nitrogens with one attached hydrogen (secondary N) is 1. The maximum atomic E-state index is 13.6. The Morgan fingerprint density at radius 2 is 2.15 bits per heavy atom. The molecule has 0 bridgehead atoms. The van der Waals surface area contributed by atoms with Gasteiger partial charge >= 0.3 is 0 Å². The zero-order valence-electron chi connectivity index (χ0n) is 11.5. The predicted molar refractivity (Wildman–Crippen MR) is 79.3 cm³/mol. The summed E-state index contributed by atoms with van der Waals surface area (Å²) in [5.41, 5.74) is 0.931. The molecule has 2 aromatic rings. The molecule has 0 fully saturated rings. The number of benzene rings is 1. The molecule has 0 saturated carbocycles. The summed E-state index contributed by atoms with van der Waals surface area (Å²) in [6, 6.07) is 6.68. The van der Waals surface area contributed by atoms with E-state index in [2.05, 4.69) is 21.2 Å². The zero-order chi connectivity index (χ0) is 14.5. The zero-order valence-corrected chi connectivity index (χ0v) is 13.1. The van der Waals surface area contributed by atoms with Crippen LogP contribution < -0.4 is 10.1 Å². The van der Waals surface area contributed by atoms with Gasteiger partial charge in [0.15, 0.2) is 11.6 Å². The third-order valence-corrected chi connectivity index (χ3v) is 3.39. The molecule has 0 saturated heterocycles. The SMILES string of the molecule is CCNCc1cc(COc2ccc(Br)cc2F)c(C)o1. The Balaban J connectivity index is 2.01. The van der Waals surface area contributed by atoms with Crippen molar-refractivity contribution in [2.45, 2.75) is 27.0 Å². The first kappa shape index (κ1) is 15.1. The molecule has 1 N–H and O–H groups in total. The van der Waals surface area contributed by atoms with Crippen LogP contribution in [0.3, 0.4) is 0 Å². The average molecular weight is 342 g/mol. The summed E-state index contributed by atoms with van der Waals surface area (Å²) < 4.78 is 25.4. The standard InChI is InChI=1S/C15H17BrFNO2/c1-3-18-8-13-6-11(10(2)20-13)9-19-15-5-4-12(16)7-14(15)17/h4-7,18H,3,8-9H2,1-2H3. The van der Waals surface area contributed by atoms with Crippen molar-refractivity contribution in [2.24, 2.45) is 0 Å². The fraction of sp³-hybridized carbons (Fsp3) is 0.333. The molecule has 1 aromatic heterocycles. The largest absolute Gasteiger partial charge is 0.486 e. The highest BCUT2D eigenvalue weighted by atomic mass is 79.9. The Bertz CT molecular complexity index is 583. The van der Waals surface area contributed by atoms with Crippen LogP contribution in [0.4, 0.5) is 4.39 Å². The van der Waals surface area contributed by atoms with Gasteiger partial charge in [0.1, 0.15) is 18.1 Å². The molecule has 3 nitrogen and oxygen atoms in total. The van der Waals surface area contributed by atoms with Crippen molar-refractivity contribution < 1.29 is 13.5 Å². The molecule has 0 aliphatic heterocycles. The molecule has 0 amide bonds. The summed E-state index contributed by atoms with van der Waals surface area (Å²) in [5, 5.41) is 3.19. The highest BCUT2D eigenvalue weighted by Crippen LogP contribution is 2.23. The van der Waals surface area contributed by atoms with E-state index >= 15 is 0 Å². The second-order valence-corrected chi connectivity index (χ2v) is 5.35. The lowest BCUT2D eigenvalue weighted by Crippen LogP contribution is -2.10. The van der Waals surface area contributed by atoms with Crippen molar-refractivity contribution in [1.29, 1.82) is 0 Å². The van der Waals surface area contributed by atoms with Crippen LogP contribution in [0.1, 0.15) is 24.0 Å². The van der Waals surface area contributed by atoms with E-state index in [1.807, 2.05) is 19.9 Å². The molecule has 0 atom stereocenters.